The smallest absolute Gasteiger partial charge is 0.254 e. The predicted molar refractivity (Wildman–Crippen MR) is 105 cm³/mol. The molecule has 0 saturated heterocycles. The monoisotopic (exact) mass is 403 g/mol. The quantitative estimate of drug-likeness (QED) is 0.664. The van der Waals surface area contributed by atoms with E-state index >= 15 is 0 Å². The van der Waals surface area contributed by atoms with Crippen molar-refractivity contribution in [2.24, 2.45) is 0 Å². The van der Waals surface area contributed by atoms with E-state index in [9.17, 15) is 13.2 Å². The van der Waals surface area contributed by atoms with Gasteiger partial charge in [0.15, 0.2) is 9.84 Å². The highest BCUT2D eigenvalue weighted by Crippen LogP contribution is 2.40. The topological polar surface area (TPSA) is 54.5 Å². The number of sulfone groups is 1. The third kappa shape index (κ3) is 3.11. The molecule has 0 bridgehead atoms. The summed E-state index contributed by atoms with van der Waals surface area (Å²) >= 11 is 3.36. The highest BCUT2D eigenvalue weighted by Gasteiger charge is 2.34. The van der Waals surface area contributed by atoms with E-state index < -0.39 is 9.84 Å². The predicted octanol–water partition coefficient (Wildman–Crippen LogP) is 4.00. The summed E-state index contributed by atoms with van der Waals surface area (Å²) in [6.45, 7) is 0.623. The molecule has 2 aromatic heterocycles. The lowest BCUT2D eigenvalue weighted by molar-refractivity contribution is 0.0698. The molecule has 1 aliphatic heterocycles. The van der Waals surface area contributed by atoms with Gasteiger partial charge in [-0.1, -0.05) is 12.1 Å². The van der Waals surface area contributed by atoms with E-state index in [1.807, 2.05) is 16.3 Å². The Hall–Kier alpha value is -1.96. The maximum atomic E-state index is 13.3. The summed E-state index contributed by atoms with van der Waals surface area (Å²) < 4.78 is 23.7. The molecule has 0 radical (unpaired) electrons. The van der Waals surface area contributed by atoms with E-state index in [0.29, 0.717) is 12.1 Å². The second-order valence-electron chi connectivity index (χ2n) is 6.27. The normalized spacial score (nSPS) is 17.1. The average molecular weight is 404 g/mol. The van der Waals surface area contributed by atoms with Crippen molar-refractivity contribution in [2.75, 3.05) is 12.8 Å². The Kier molecular flexibility index (Phi) is 4.46. The first-order valence-electron chi connectivity index (χ1n) is 8.16. The number of nitrogens with zero attached hydrogens (tertiary/aromatic N) is 1. The Morgan fingerprint density at radius 3 is 2.69 bits per heavy atom. The largest absolute Gasteiger partial charge is 0.326 e. The SMILES string of the molecule is CS(=O)(=O)c1cccc(C(=O)N2CCc3sccc3C2c2cccs2)c1. The third-order valence-corrected chi connectivity index (χ3v) is 7.58. The van der Waals surface area contributed by atoms with Gasteiger partial charge in [0.25, 0.3) is 5.91 Å². The highest BCUT2D eigenvalue weighted by molar-refractivity contribution is 7.90. The maximum absolute atomic E-state index is 13.3. The van der Waals surface area contributed by atoms with Gasteiger partial charge >= 0.3 is 0 Å². The van der Waals surface area contributed by atoms with Gasteiger partial charge in [-0.3, -0.25) is 4.79 Å². The molecule has 0 aliphatic carbocycles. The minimum atomic E-state index is -3.35. The first kappa shape index (κ1) is 17.5. The van der Waals surface area contributed by atoms with Crippen molar-refractivity contribution in [3.8, 4) is 0 Å². The fraction of sp³-hybridized carbons (Fsp3) is 0.211. The fourth-order valence-corrected chi connectivity index (χ4v) is 5.74. The first-order valence-corrected chi connectivity index (χ1v) is 11.8. The van der Waals surface area contributed by atoms with Crippen molar-refractivity contribution in [1.82, 2.24) is 4.90 Å². The van der Waals surface area contributed by atoms with Crippen LogP contribution in [0, 0.1) is 0 Å². The molecule has 4 nitrogen and oxygen atoms in total. The lowest BCUT2D eigenvalue weighted by Gasteiger charge is -2.35. The van der Waals surface area contributed by atoms with Crippen molar-refractivity contribution < 1.29 is 13.2 Å². The number of carbonyl (C=O) groups excluding carboxylic acids is 1. The molecule has 1 aromatic carbocycles. The number of amides is 1. The molecule has 0 fully saturated rings. The second-order valence-corrected chi connectivity index (χ2v) is 10.3. The molecule has 1 atom stereocenters. The van der Waals surface area contributed by atoms with Crippen LogP contribution in [0.2, 0.25) is 0 Å². The van der Waals surface area contributed by atoms with Gasteiger partial charge in [0, 0.05) is 28.1 Å². The molecule has 1 aliphatic rings. The van der Waals surface area contributed by atoms with Gasteiger partial charge in [-0.15, -0.1) is 22.7 Å². The van der Waals surface area contributed by atoms with Gasteiger partial charge in [0.2, 0.25) is 0 Å². The van der Waals surface area contributed by atoms with Crippen LogP contribution in [-0.4, -0.2) is 32.0 Å². The summed E-state index contributed by atoms with van der Waals surface area (Å²) in [6, 6.07) is 12.3. The van der Waals surface area contributed by atoms with Crippen LogP contribution < -0.4 is 0 Å². The van der Waals surface area contributed by atoms with Gasteiger partial charge in [0.1, 0.15) is 0 Å². The Bertz CT molecular complexity index is 1050. The Balaban J connectivity index is 1.76. The molecule has 7 heteroatoms. The Morgan fingerprint density at radius 2 is 1.96 bits per heavy atom. The number of fused-ring (bicyclic) bond motifs is 1. The van der Waals surface area contributed by atoms with Crippen LogP contribution in [0.15, 0.2) is 58.1 Å². The van der Waals surface area contributed by atoms with Crippen molar-refractivity contribution in [3.05, 3.63) is 74.1 Å². The Labute approximate surface area is 160 Å². The molecular weight excluding hydrogens is 386 g/mol. The van der Waals surface area contributed by atoms with Gasteiger partial charge in [-0.2, -0.15) is 0 Å². The molecule has 26 heavy (non-hydrogen) atoms. The standard InChI is InChI=1S/C19H17NO3S3/c1-26(22,23)14-5-2-4-13(12-14)19(21)20-9-7-16-15(8-11-25-16)18(20)17-6-3-10-24-17/h2-6,8,10-12,18H,7,9H2,1H3. The molecule has 3 aromatic rings. The zero-order valence-corrected chi connectivity index (χ0v) is 16.5. The van der Waals surface area contributed by atoms with Crippen LogP contribution in [0.1, 0.15) is 31.7 Å². The maximum Gasteiger partial charge on any atom is 0.254 e. The van der Waals surface area contributed by atoms with Crippen molar-refractivity contribution >= 4 is 38.4 Å². The summed E-state index contributed by atoms with van der Waals surface area (Å²) in [5.74, 6) is -0.134. The van der Waals surface area contributed by atoms with E-state index in [-0.39, 0.29) is 16.8 Å². The summed E-state index contributed by atoms with van der Waals surface area (Å²) in [7, 11) is -3.35. The lowest BCUT2D eigenvalue weighted by Crippen LogP contribution is -2.39. The molecule has 1 unspecified atom stereocenters. The summed E-state index contributed by atoms with van der Waals surface area (Å²) in [6.07, 6.45) is 1.98. The highest BCUT2D eigenvalue weighted by atomic mass is 32.2. The third-order valence-electron chi connectivity index (χ3n) is 4.55. The fourth-order valence-electron chi connectivity index (χ4n) is 3.31. The van der Waals surface area contributed by atoms with Crippen molar-refractivity contribution in [2.45, 2.75) is 17.4 Å². The van der Waals surface area contributed by atoms with Gasteiger partial charge in [-0.25, -0.2) is 8.42 Å². The number of thiophene rings is 2. The van der Waals surface area contributed by atoms with Crippen molar-refractivity contribution in [3.63, 3.8) is 0 Å². The molecule has 0 saturated carbocycles. The number of hydrogen-bond donors (Lipinski definition) is 0. The lowest BCUT2D eigenvalue weighted by atomic mass is 9.97. The van der Waals surface area contributed by atoms with Gasteiger partial charge in [0.05, 0.1) is 10.9 Å². The van der Waals surface area contributed by atoms with Crippen LogP contribution in [0.25, 0.3) is 0 Å². The van der Waals surface area contributed by atoms with E-state index in [1.54, 1.807) is 34.8 Å². The number of benzene rings is 1. The molecule has 4 rings (SSSR count). The Morgan fingerprint density at radius 1 is 1.12 bits per heavy atom. The van der Waals surface area contributed by atoms with Crippen molar-refractivity contribution in [1.29, 1.82) is 0 Å². The second kappa shape index (κ2) is 6.64. The van der Waals surface area contributed by atoms with Crippen LogP contribution in [0.5, 0.6) is 0 Å². The average Bonchev–Trinajstić information content (AvgIpc) is 3.31. The molecule has 1 amide bonds. The molecule has 0 spiro atoms. The molecule has 134 valence electrons. The van der Waals surface area contributed by atoms with E-state index in [1.165, 1.54) is 22.6 Å². The van der Waals surface area contributed by atoms with Crippen LogP contribution in [-0.2, 0) is 16.3 Å². The number of carbonyl (C=O) groups is 1. The van der Waals surface area contributed by atoms with Gasteiger partial charge < -0.3 is 4.90 Å². The number of hydrogen-bond acceptors (Lipinski definition) is 5. The molecule has 3 heterocycles. The zero-order chi connectivity index (χ0) is 18.3. The van der Waals surface area contributed by atoms with Crippen LogP contribution >= 0.6 is 22.7 Å². The summed E-state index contributed by atoms with van der Waals surface area (Å²) in [5, 5.41) is 4.09. The van der Waals surface area contributed by atoms with Crippen LogP contribution in [0.4, 0.5) is 0 Å². The van der Waals surface area contributed by atoms with Gasteiger partial charge in [-0.05, 0) is 53.1 Å². The van der Waals surface area contributed by atoms with E-state index in [2.05, 4.69) is 17.5 Å². The van der Waals surface area contributed by atoms with E-state index in [0.717, 1.165) is 17.6 Å². The summed E-state index contributed by atoms with van der Waals surface area (Å²) in [4.78, 5) is 17.7. The number of rotatable bonds is 3. The molecular formula is C19H17NO3S3. The van der Waals surface area contributed by atoms with E-state index in [4.69, 9.17) is 0 Å². The minimum Gasteiger partial charge on any atom is -0.326 e. The minimum absolute atomic E-state index is 0.112. The zero-order valence-electron chi connectivity index (χ0n) is 14.1. The summed E-state index contributed by atoms with van der Waals surface area (Å²) in [5.41, 5.74) is 1.59. The first-order chi connectivity index (χ1) is 12.4. The molecule has 0 N–H and O–H groups in total. The van der Waals surface area contributed by atoms with Crippen LogP contribution in [0.3, 0.4) is 0 Å².